The molecule has 0 saturated carbocycles. The van der Waals surface area contributed by atoms with Crippen LogP contribution in [0, 0.1) is 6.92 Å². The first-order chi connectivity index (χ1) is 11.6. The minimum atomic E-state index is -0.539. The van der Waals surface area contributed by atoms with E-state index in [0.29, 0.717) is 18.7 Å². The van der Waals surface area contributed by atoms with Gasteiger partial charge in [-0.05, 0) is 49.2 Å². The molecular formula is C20H23NO3. The predicted molar refractivity (Wildman–Crippen MR) is 96.6 cm³/mol. The molecule has 0 heterocycles. The van der Waals surface area contributed by atoms with Gasteiger partial charge in [0.1, 0.15) is 18.1 Å². The Bertz CT molecular complexity index is 680. The zero-order valence-corrected chi connectivity index (χ0v) is 14.1. The van der Waals surface area contributed by atoms with Crippen molar-refractivity contribution >= 4 is 11.6 Å². The largest absolute Gasteiger partial charge is 0.490 e. The summed E-state index contributed by atoms with van der Waals surface area (Å²) in [6, 6.07) is 14.9. The summed E-state index contributed by atoms with van der Waals surface area (Å²) in [5, 5.41) is 2.88. The van der Waals surface area contributed by atoms with Crippen molar-refractivity contribution in [2.45, 2.75) is 26.4 Å². The summed E-state index contributed by atoms with van der Waals surface area (Å²) in [5.74, 6) is 1.30. The maximum Gasteiger partial charge on any atom is 0.265 e. The summed E-state index contributed by atoms with van der Waals surface area (Å²) in [6.07, 6.45) is 1.73. The standard InChI is InChI=1S/C20H23NO3/c1-4-14-23-17-12-10-16(11-13-17)21-20(22)18(5-2)24-19-9-7-6-8-15(19)3/h4,6-13,18H,1,5,14H2,2-3H3,(H,21,22)/t18-/m1/s1. The Balaban J connectivity index is 1.98. The normalized spacial score (nSPS) is 11.4. The van der Waals surface area contributed by atoms with Crippen LogP contribution in [0.15, 0.2) is 61.2 Å². The molecule has 1 amide bonds. The van der Waals surface area contributed by atoms with Gasteiger partial charge in [0.25, 0.3) is 5.91 Å². The third-order valence-corrected chi connectivity index (χ3v) is 3.52. The van der Waals surface area contributed by atoms with Crippen LogP contribution in [-0.4, -0.2) is 18.6 Å². The lowest BCUT2D eigenvalue weighted by molar-refractivity contribution is -0.122. The van der Waals surface area contributed by atoms with Crippen molar-refractivity contribution in [2.75, 3.05) is 11.9 Å². The Kier molecular flexibility index (Phi) is 6.43. The van der Waals surface area contributed by atoms with Crippen molar-refractivity contribution in [1.82, 2.24) is 0 Å². The van der Waals surface area contributed by atoms with Crippen molar-refractivity contribution in [3.8, 4) is 11.5 Å². The van der Waals surface area contributed by atoms with Gasteiger partial charge in [-0.15, -0.1) is 0 Å². The smallest absolute Gasteiger partial charge is 0.265 e. The van der Waals surface area contributed by atoms with Crippen molar-refractivity contribution in [3.05, 3.63) is 66.7 Å². The fourth-order valence-corrected chi connectivity index (χ4v) is 2.18. The van der Waals surface area contributed by atoms with E-state index in [2.05, 4.69) is 11.9 Å². The lowest BCUT2D eigenvalue weighted by Gasteiger charge is -2.18. The third-order valence-electron chi connectivity index (χ3n) is 3.52. The second-order valence-corrected chi connectivity index (χ2v) is 5.39. The van der Waals surface area contributed by atoms with Crippen molar-refractivity contribution in [3.63, 3.8) is 0 Å². The molecule has 4 nitrogen and oxygen atoms in total. The number of rotatable bonds is 8. The maximum atomic E-state index is 12.4. The van der Waals surface area contributed by atoms with Gasteiger partial charge in [-0.2, -0.15) is 0 Å². The summed E-state index contributed by atoms with van der Waals surface area (Å²) in [7, 11) is 0. The molecule has 0 radical (unpaired) electrons. The highest BCUT2D eigenvalue weighted by Gasteiger charge is 2.19. The predicted octanol–water partition coefficient (Wildman–Crippen LogP) is 4.36. The summed E-state index contributed by atoms with van der Waals surface area (Å²) < 4.78 is 11.3. The number of amides is 1. The molecule has 126 valence electrons. The van der Waals surface area contributed by atoms with Crippen molar-refractivity contribution in [2.24, 2.45) is 0 Å². The third kappa shape index (κ3) is 4.88. The Morgan fingerprint density at radius 2 is 1.92 bits per heavy atom. The summed E-state index contributed by atoms with van der Waals surface area (Å²) in [5.41, 5.74) is 1.71. The van der Waals surface area contributed by atoms with E-state index in [1.165, 1.54) is 0 Å². The minimum absolute atomic E-state index is 0.166. The minimum Gasteiger partial charge on any atom is -0.490 e. The molecule has 0 unspecified atom stereocenters. The van der Waals surface area contributed by atoms with Crippen LogP contribution in [0.1, 0.15) is 18.9 Å². The number of ether oxygens (including phenoxy) is 2. The first-order valence-electron chi connectivity index (χ1n) is 8.01. The van der Waals surface area contributed by atoms with Gasteiger partial charge in [-0.25, -0.2) is 0 Å². The second kappa shape index (κ2) is 8.77. The van der Waals surface area contributed by atoms with Crippen LogP contribution >= 0.6 is 0 Å². The Morgan fingerprint density at radius 1 is 1.21 bits per heavy atom. The van der Waals surface area contributed by atoms with Gasteiger partial charge in [0.2, 0.25) is 0 Å². The van der Waals surface area contributed by atoms with E-state index in [0.717, 1.165) is 17.1 Å². The molecule has 2 aromatic carbocycles. The van der Waals surface area contributed by atoms with Gasteiger partial charge in [0.05, 0.1) is 0 Å². The van der Waals surface area contributed by atoms with E-state index < -0.39 is 6.10 Å². The number of anilines is 1. The molecule has 4 heteroatoms. The van der Waals surface area contributed by atoms with E-state index in [1.54, 1.807) is 18.2 Å². The fraction of sp³-hybridized carbons (Fsp3) is 0.250. The molecule has 0 saturated heterocycles. The summed E-state index contributed by atoms with van der Waals surface area (Å²) in [6.45, 7) is 7.94. The molecule has 0 spiro atoms. The molecule has 0 fully saturated rings. The first-order valence-corrected chi connectivity index (χ1v) is 8.01. The molecule has 2 aromatic rings. The molecule has 0 aliphatic carbocycles. The lowest BCUT2D eigenvalue weighted by atomic mass is 10.2. The topological polar surface area (TPSA) is 47.6 Å². The molecule has 1 N–H and O–H groups in total. The highest BCUT2D eigenvalue weighted by atomic mass is 16.5. The number of carbonyl (C=O) groups is 1. The first kappa shape index (κ1) is 17.6. The van der Waals surface area contributed by atoms with Crippen LogP contribution in [-0.2, 0) is 4.79 Å². The SMILES string of the molecule is C=CCOc1ccc(NC(=O)[C@@H](CC)Oc2ccccc2C)cc1. The van der Waals surface area contributed by atoms with E-state index in [1.807, 2.05) is 50.2 Å². The summed E-state index contributed by atoms with van der Waals surface area (Å²) >= 11 is 0. The van der Waals surface area contributed by atoms with E-state index in [-0.39, 0.29) is 5.91 Å². The fourth-order valence-electron chi connectivity index (χ4n) is 2.18. The Labute approximate surface area is 143 Å². The average molecular weight is 325 g/mol. The lowest BCUT2D eigenvalue weighted by Crippen LogP contribution is -2.32. The molecular weight excluding hydrogens is 302 g/mol. The highest BCUT2D eigenvalue weighted by molar-refractivity contribution is 5.94. The van der Waals surface area contributed by atoms with Gasteiger partial charge in [0, 0.05) is 5.69 Å². The number of hydrogen-bond donors (Lipinski definition) is 1. The maximum absolute atomic E-state index is 12.4. The number of carbonyl (C=O) groups excluding carboxylic acids is 1. The number of aryl methyl sites for hydroxylation is 1. The van der Waals surface area contributed by atoms with E-state index >= 15 is 0 Å². The van der Waals surface area contributed by atoms with Crippen LogP contribution in [0.5, 0.6) is 11.5 Å². The highest BCUT2D eigenvalue weighted by Crippen LogP contribution is 2.20. The number of para-hydroxylation sites is 1. The zero-order valence-electron chi connectivity index (χ0n) is 14.1. The molecule has 1 atom stereocenters. The van der Waals surface area contributed by atoms with Gasteiger partial charge < -0.3 is 14.8 Å². The van der Waals surface area contributed by atoms with Gasteiger partial charge in [-0.1, -0.05) is 37.8 Å². The number of hydrogen-bond acceptors (Lipinski definition) is 3. The van der Waals surface area contributed by atoms with Crippen LogP contribution < -0.4 is 14.8 Å². The molecule has 0 aliphatic heterocycles. The number of benzene rings is 2. The number of nitrogens with one attached hydrogen (secondary N) is 1. The molecule has 2 rings (SSSR count). The van der Waals surface area contributed by atoms with Gasteiger partial charge in [-0.3, -0.25) is 4.79 Å². The quantitative estimate of drug-likeness (QED) is 0.734. The second-order valence-electron chi connectivity index (χ2n) is 5.39. The van der Waals surface area contributed by atoms with E-state index in [4.69, 9.17) is 9.47 Å². The van der Waals surface area contributed by atoms with Gasteiger partial charge >= 0.3 is 0 Å². The Hall–Kier alpha value is -2.75. The molecule has 24 heavy (non-hydrogen) atoms. The van der Waals surface area contributed by atoms with Crippen molar-refractivity contribution in [1.29, 1.82) is 0 Å². The molecule has 0 aliphatic rings. The van der Waals surface area contributed by atoms with Crippen LogP contribution in [0.4, 0.5) is 5.69 Å². The van der Waals surface area contributed by atoms with E-state index in [9.17, 15) is 4.79 Å². The average Bonchev–Trinajstić information content (AvgIpc) is 2.60. The molecule has 0 aromatic heterocycles. The zero-order chi connectivity index (χ0) is 17.4. The van der Waals surface area contributed by atoms with Crippen LogP contribution in [0.25, 0.3) is 0 Å². The van der Waals surface area contributed by atoms with Gasteiger partial charge in [0.15, 0.2) is 6.10 Å². The monoisotopic (exact) mass is 325 g/mol. The van der Waals surface area contributed by atoms with Crippen molar-refractivity contribution < 1.29 is 14.3 Å². The van der Waals surface area contributed by atoms with Crippen LogP contribution in [0.2, 0.25) is 0 Å². The summed E-state index contributed by atoms with van der Waals surface area (Å²) in [4.78, 5) is 12.4. The Morgan fingerprint density at radius 3 is 2.54 bits per heavy atom. The van der Waals surface area contributed by atoms with Crippen LogP contribution in [0.3, 0.4) is 0 Å². The molecule has 0 bridgehead atoms.